The van der Waals surface area contributed by atoms with Crippen molar-refractivity contribution in [3.8, 4) is 11.1 Å². The third-order valence-electron chi connectivity index (χ3n) is 8.11. The maximum Gasteiger partial charge on any atom is 0.410 e. The number of nitrogens with zero attached hydrogens (tertiary/aromatic N) is 1. The van der Waals surface area contributed by atoms with Crippen LogP contribution in [0.15, 0.2) is 78.9 Å². The van der Waals surface area contributed by atoms with Crippen molar-refractivity contribution in [1.29, 1.82) is 0 Å². The van der Waals surface area contributed by atoms with Gasteiger partial charge in [0.2, 0.25) is 0 Å². The largest absolute Gasteiger partial charge is 0.448 e. The van der Waals surface area contributed by atoms with E-state index in [1.54, 1.807) is 0 Å². The number of ether oxygens (including phenoxy) is 1. The highest BCUT2D eigenvalue weighted by Gasteiger charge is 2.39. The molecule has 35 heavy (non-hydrogen) atoms. The molecular weight excluding hydrogens is 430 g/mol. The average Bonchev–Trinajstić information content (AvgIpc) is 3.20. The van der Waals surface area contributed by atoms with Crippen molar-refractivity contribution >= 4 is 11.7 Å². The van der Waals surface area contributed by atoms with E-state index in [1.807, 2.05) is 4.90 Å². The molecule has 6 rings (SSSR count). The summed E-state index contributed by atoms with van der Waals surface area (Å²) < 4.78 is 6.06. The summed E-state index contributed by atoms with van der Waals surface area (Å²) in [5, 5.41) is 0. The third kappa shape index (κ3) is 3.97. The van der Waals surface area contributed by atoms with Crippen LogP contribution in [0.25, 0.3) is 16.7 Å². The Bertz CT molecular complexity index is 1240. The lowest BCUT2D eigenvalue weighted by Gasteiger charge is -2.44. The van der Waals surface area contributed by atoms with Crippen molar-refractivity contribution in [2.75, 3.05) is 6.61 Å². The summed E-state index contributed by atoms with van der Waals surface area (Å²) in [6.07, 6.45) is 6.29. The summed E-state index contributed by atoms with van der Waals surface area (Å²) in [5.41, 5.74) is 9.09. The zero-order chi connectivity index (χ0) is 23.9. The van der Waals surface area contributed by atoms with Gasteiger partial charge in [0.15, 0.2) is 0 Å². The van der Waals surface area contributed by atoms with E-state index in [-0.39, 0.29) is 24.1 Å². The van der Waals surface area contributed by atoms with Crippen LogP contribution < -0.4 is 0 Å². The Kier molecular flexibility index (Phi) is 5.72. The molecule has 3 heteroatoms. The fourth-order valence-electron chi connectivity index (χ4n) is 6.29. The summed E-state index contributed by atoms with van der Waals surface area (Å²) in [5.74, 6) is 0.608. The Balaban J connectivity index is 1.21. The predicted molar refractivity (Wildman–Crippen MR) is 141 cm³/mol. The van der Waals surface area contributed by atoms with Crippen molar-refractivity contribution in [2.24, 2.45) is 0 Å². The molecule has 2 bridgehead atoms. The van der Waals surface area contributed by atoms with Gasteiger partial charge in [-0.15, -0.1) is 0 Å². The molecule has 1 amide bonds. The van der Waals surface area contributed by atoms with Crippen LogP contribution in [0.3, 0.4) is 0 Å². The van der Waals surface area contributed by atoms with Gasteiger partial charge in [-0.1, -0.05) is 92.7 Å². The number of fused-ring (bicyclic) bond motifs is 5. The van der Waals surface area contributed by atoms with E-state index in [9.17, 15) is 4.79 Å². The van der Waals surface area contributed by atoms with Crippen molar-refractivity contribution in [1.82, 2.24) is 4.90 Å². The van der Waals surface area contributed by atoms with E-state index >= 15 is 0 Å². The van der Waals surface area contributed by atoms with Gasteiger partial charge in [0.25, 0.3) is 0 Å². The molecule has 3 aromatic carbocycles. The summed E-state index contributed by atoms with van der Waals surface area (Å²) in [7, 11) is 0. The fourth-order valence-corrected chi connectivity index (χ4v) is 6.29. The molecule has 2 atom stereocenters. The first-order valence-corrected chi connectivity index (χ1v) is 13.0. The highest BCUT2D eigenvalue weighted by atomic mass is 16.6. The van der Waals surface area contributed by atoms with E-state index in [0.717, 1.165) is 25.7 Å². The SMILES string of the molecule is CC(C)c1cccc(C2=CC3CCCC(C2)N3C(=O)OCC2c3ccccc3-c3ccccc32)c1. The zero-order valence-corrected chi connectivity index (χ0v) is 20.6. The summed E-state index contributed by atoms with van der Waals surface area (Å²) in [6, 6.07) is 26.3. The van der Waals surface area contributed by atoms with Crippen LogP contribution >= 0.6 is 0 Å². The summed E-state index contributed by atoms with van der Waals surface area (Å²) in [4.78, 5) is 15.5. The number of rotatable bonds is 4. The maximum absolute atomic E-state index is 13.5. The minimum Gasteiger partial charge on any atom is -0.448 e. The lowest BCUT2D eigenvalue weighted by atomic mass is 9.82. The van der Waals surface area contributed by atoms with Gasteiger partial charge < -0.3 is 4.74 Å². The highest BCUT2D eigenvalue weighted by Crippen LogP contribution is 2.45. The topological polar surface area (TPSA) is 29.5 Å². The standard InChI is InChI=1S/C32H33NO2/c1-21(2)22-9-7-10-23(17-22)24-18-25-11-8-12-26(19-24)33(25)32(34)35-20-31-29-15-5-3-13-27(29)28-14-4-6-16-30(28)31/h3-7,9-10,13-18,21,25-26,31H,8,11-12,19-20H2,1-2H3. The van der Waals surface area contributed by atoms with E-state index in [0.29, 0.717) is 12.5 Å². The molecular formula is C32H33NO2. The molecule has 1 aliphatic carbocycles. The minimum atomic E-state index is -0.159. The lowest BCUT2D eigenvalue weighted by molar-refractivity contribution is 0.0539. The molecule has 1 fully saturated rings. The quantitative estimate of drug-likeness (QED) is 0.395. The number of piperidine rings is 1. The van der Waals surface area contributed by atoms with Crippen LogP contribution in [0, 0.1) is 0 Å². The van der Waals surface area contributed by atoms with Gasteiger partial charge in [0.1, 0.15) is 6.61 Å². The van der Waals surface area contributed by atoms with Crippen LogP contribution in [-0.2, 0) is 4.74 Å². The van der Waals surface area contributed by atoms with E-state index < -0.39 is 0 Å². The molecule has 0 radical (unpaired) electrons. The minimum absolute atomic E-state index is 0.0980. The Morgan fingerprint density at radius 2 is 1.66 bits per heavy atom. The molecule has 1 saturated heterocycles. The van der Waals surface area contributed by atoms with Crippen LogP contribution in [-0.4, -0.2) is 29.7 Å². The summed E-state index contributed by atoms with van der Waals surface area (Å²) >= 11 is 0. The molecule has 3 nitrogen and oxygen atoms in total. The normalized spacial score (nSPS) is 20.9. The molecule has 2 unspecified atom stereocenters. The Hall–Kier alpha value is -3.33. The summed E-state index contributed by atoms with van der Waals surface area (Å²) in [6.45, 7) is 4.86. The fraction of sp³-hybridized carbons (Fsp3) is 0.344. The van der Waals surface area contributed by atoms with Crippen LogP contribution in [0.5, 0.6) is 0 Å². The molecule has 3 aromatic rings. The first kappa shape index (κ1) is 22.2. The number of hydrogen-bond donors (Lipinski definition) is 0. The van der Waals surface area contributed by atoms with Gasteiger partial charge in [0.05, 0.1) is 6.04 Å². The molecule has 0 aromatic heterocycles. The van der Waals surface area contributed by atoms with Crippen LogP contribution in [0.4, 0.5) is 4.79 Å². The third-order valence-corrected chi connectivity index (χ3v) is 8.11. The zero-order valence-electron chi connectivity index (χ0n) is 20.6. The smallest absolute Gasteiger partial charge is 0.410 e. The van der Waals surface area contributed by atoms with Crippen molar-refractivity contribution in [3.05, 3.63) is 101 Å². The number of hydrogen-bond acceptors (Lipinski definition) is 2. The molecule has 178 valence electrons. The van der Waals surface area contributed by atoms with Crippen molar-refractivity contribution in [3.63, 3.8) is 0 Å². The molecule has 0 N–H and O–H groups in total. The van der Waals surface area contributed by atoms with Crippen molar-refractivity contribution in [2.45, 2.75) is 63.5 Å². The van der Waals surface area contributed by atoms with Crippen LogP contribution in [0.1, 0.15) is 73.6 Å². The average molecular weight is 464 g/mol. The monoisotopic (exact) mass is 463 g/mol. The highest BCUT2D eigenvalue weighted by molar-refractivity contribution is 5.79. The van der Waals surface area contributed by atoms with Crippen LogP contribution in [0.2, 0.25) is 0 Å². The second kappa shape index (κ2) is 9.03. The first-order chi connectivity index (χ1) is 17.1. The van der Waals surface area contributed by atoms with Gasteiger partial charge in [-0.2, -0.15) is 0 Å². The van der Waals surface area contributed by atoms with E-state index in [1.165, 1.54) is 39.0 Å². The van der Waals surface area contributed by atoms with Gasteiger partial charge in [0, 0.05) is 12.0 Å². The predicted octanol–water partition coefficient (Wildman–Crippen LogP) is 7.77. The second-order valence-electron chi connectivity index (χ2n) is 10.5. The number of carbonyl (C=O) groups excluding carboxylic acids is 1. The van der Waals surface area contributed by atoms with Gasteiger partial charge in [-0.05, 0) is 70.6 Å². The number of amides is 1. The van der Waals surface area contributed by atoms with E-state index in [4.69, 9.17) is 4.74 Å². The molecule has 3 aliphatic rings. The molecule has 2 heterocycles. The lowest BCUT2D eigenvalue weighted by Crippen LogP contribution is -2.51. The van der Waals surface area contributed by atoms with E-state index in [2.05, 4.69) is 92.7 Å². The Morgan fingerprint density at radius 3 is 2.34 bits per heavy atom. The maximum atomic E-state index is 13.5. The van der Waals surface area contributed by atoms with Gasteiger partial charge in [-0.3, -0.25) is 4.90 Å². The Morgan fingerprint density at radius 1 is 0.943 bits per heavy atom. The molecule has 2 aliphatic heterocycles. The van der Waals surface area contributed by atoms with Gasteiger partial charge >= 0.3 is 6.09 Å². The molecule has 0 saturated carbocycles. The number of carbonyl (C=O) groups is 1. The number of benzene rings is 3. The Labute approximate surface area is 208 Å². The van der Waals surface area contributed by atoms with Crippen molar-refractivity contribution < 1.29 is 9.53 Å². The van der Waals surface area contributed by atoms with Gasteiger partial charge in [-0.25, -0.2) is 4.79 Å². The molecule has 0 spiro atoms. The second-order valence-corrected chi connectivity index (χ2v) is 10.5. The first-order valence-electron chi connectivity index (χ1n) is 13.0.